The van der Waals surface area contributed by atoms with Crippen LogP contribution >= 0.6 is 0 Å². The van der Waals surface area contributed by atoms with Crippen molar-refractivity contribution in [2.24, 2.45) is 0 Å². The van der Waals surface area contributed by atoms with Crippen molar-refractivity contribution in [3.05, 3.63) is 0 Å². The Morgan fingerprint density at radius 3 is 2.00 bits per heavy atom. The van der Waals surface area contributed by atoms with Gasteiger partial charge in [-0.25, -0.2) is 0 Å². The molecule has 1 N–H and O–H groups in total. The maximum absolute atomic E-state index is 10.6. The molecular weight excluding hydrogens is 200 g/mol. The predicted molar refractivity (Wildman–Crippen MR) is 71.7 cm³/mol. The Morgan fingerprint density at radius 2 is 1.56 bits per heavy atom. The van der Waals surface area contributed by atoms with Crippen LogP contribution in [0, 0.1) is 0 Å². The Bertz CT molecular complexity index is 143. The summed E-state index contributed by atoms with van der Waals surface area (Å²) in [6.45, 7) is 13.8. The van der Waals surface area contributed by atoms with Crippen molar-refractivity contribution in [3.63, 3.8) is 0 Å². The second-order valence-electron chi connectivity index (χ2n) is 3.39. The molecule has 0 aromatic carbocycles. The highest BCUT2D eigenvalue weighted by molar-refractivity contribution is 5.72. The minimum Gasteiger partial charge on any atom is -0.355 e. The van der Waals surface area contributed by atoms with Gasteiger partial charge in [-0.3, -0.25) is 4.79 Å². The number of carbonyl (C=O) groups is 1. The molecule has 0 saturated carbocycles. The Hall–Kier alpha value is -0.570. The lowest BCUT2D eigenvalue weighted by atomic mass is 10.1. The molecule has 0 aliphatic carbocycles. The van der Waals surface area contributed by atoms with Gasteiger partial charge >= 0.3 is 0 Å². The maximum atomic E-state index is 10.6. The first kappa shape index (κ1) is 17.8. The summed E-state index contributed by atoms with van der Waals surface area (Å²) in [5.74, 6) is 0.0759. The lowest BCUT2D eigenvalue weighted by molar-refractivity contribution is -0.119. The number of amides is 1. The van der Waals surface area contributed by atoms with Gasteiger partial charge in [0, 0.05) is 20.0 Å². The van der Waals surface area contributed by atoms with E-state index >= 15 is 0 Å². The highest BCUT2D eigenvalue weighted by Crippen LogP contribution is 2.06. The largest absolute Gasteiger partial charge is 0.355 e. The molecule has 98 valence electrons. The van der Waals surface area contributed by atoms with Gasteiger partial charge in [-0.15, -0.1) is 0 Å². The molecule has 1 amide bonds. The third-order valence-corrected chi connectivity index (χ3v) is 2.25. The number of carbonyl (C=O) groups excluding carboxylic acids is 1. The average Bonchev–Trinajstić information content (AvgIpc) is 2.35. The quantitative estimate of drug-likeness (QED) is 0.808. The van der Waals surface area contributed by atoms with Crippen LogP contribution in [-0.4, -0.2) is 37.0 Å². The average molecular weight is 230 g/mol. The Kier molecular flexibility index (Phi) is 16.1. The van der Waals surface area contributed by atoms with Gasteiger partial charge in [-0.05, 0) is 25.9 Å². The van der Waals surface area contributed by atoms with Crippen LogP contribution in [0.25, 0.3) is 0 Å². The minimum absolute atomic E-state index is 0.0759. The number of nitrogens with zero attached hydrogens (tertiary/aromatic N) is 1. The van der Waals surface area contributed by atoms with E-state index < -0.39 is 0 Å². The van der Waals surface area contributed by atoms with E-state index in [1.54, 1.807) is 6.92 Å². The molecule has 0 atom stereocenters. The van der Waals surface area contributed by atoms with Crippen molar-refractivity contribution in [2.45, 2.75) is 53.9 Å². The molecule has 1 fully saturated rings. The molecule has 3 nitrogen and oxygen atoms in total. The lowest BCUT2D eigenvalue weighted by Crippen LogP contribution is -2.36. The van der Waals surface area contributed by atoms with E-state index in [4.69, 9.17) is 0 Å². The van der Waals surface area contributed by atoms with Gasteiger partial charge in [0.2, 0.25) is 5.91 Å². The first-order valence-electron chi connectivity index (χ1n) is 6.76. The van der Waals surface area contributed by atoms with Crippen molar-refractivity contribution in [1.29, 1.82) is 0 Å². The summed E-state index contributed by atoms with van der Waals surface area (Å²) in [6, 6.07) is 0. The Labute approximate surface area is 102 Å². The molecule has 0 aromatic heterocycles. The van der Waals surface area contributed by atoms with E-state index in [0.29, 0.717) is 0 Å². The summed E-state index contributed by atoms with van der Waals surface area (Å²) in [6.07, 6.45) is 4.01. The van der Waals surface area contributed by atoms with Crippen molar-refractivity contribution in [1.82, 2.24) is 10.2 Å². The van der Waals surface area contributed by atoms with E-state index in [2.05, 4.69) is 10.2 Å². The van der Waals surface area contributed by atoms with Crippen LogP contribution < -0.4 is 5.32 Å². The van der Waals surface area contributed by atoms with Crippen LogP contribution in [0.3, 0.4) is 0 Å². The molecule has 0 spiro atoms. The number of piperidine rings is 1. The highest BCUT2D eigenvalue weighted by Gasteiger charge is 2.08. The first-order valence-corrected chi connectivity index (χ1v) is 6.76. The minimum atomic E-state index is 0.0759. The standard InChI is InChI=1S/C9H18N2O.2C2H6/c1-9(12)10-5-8-11-6-3-2-4-7-11;2*1-2/h2-8H2,1H3,(H,10,12);2*1-2H3. The molecule has 0 radical (unpaired) electrons. The lowest BCUT2D eigenvalue weighted by Gasteiger charge is -2.26. The summed E-state index contributed by atoms with van der Waals surface area (Å²) < 4.78 is 0. The molecule has 16 heavy (non-hydrogen) atoms. The van der Waals surface area contributed by atoms with Gasteiger partial charge in [0.05, 0.1) is 0 Å². The van der Waals surface area contributed by atoms with E-state index in [1.165, 1.54) is 32.4 Å². The van der Waals surface area contributed by atoms with E-state index in [1.807, 2.05) is 27.7 Å². The van der Waals surface area contributed by atoms with Crippen LogP contribution in [0.5, 0.6) is 0 Å². The normalized spacial score (nSPS) is 15.1. The van der Waals surface area contributed by atoms with E-state index in [9.17, 15) is 4.79 Å². The van der Waals surface area contributed by atoms with Crippen LogP contribution in [0.1, 0.15) is 53.9 Å². The number of likely N-dealkylation sites (tertiary alicyclic amines) is 1. The molecule has 1 aliphatic heterocycles. The maximum Gasteiger partial charge on any atom is 0.216 e. The summed E-state index contributed by atoms with van der Waals surface area (Å²) in [7, 11) is 0. The van der Waals surface area contributed by atoms with Gasteiger partial charge in [-0.1, -0.05) is 34.1 Å². The van der Waals surface area contributed by atoms with Crippen LogP contribution in [0.2, 0.25) is 0 Å². The van der Waals surface area contributed by atoms with Crippen LogP contribution in [0.4, 0.5) is 0 Å². The zero-order valence-corrected chi connectivity index (χ0v) is 11.8. The zero-order chi connectivity index (χ0) is 12.8. The molecule has 1 aliphatic rings. The van der Waals surface area contributed by atoms with Crippen molar-refractivity contribution in [3.8, 4) is 0 Å². The Balaban J connectivity index is 0. The monoisotopic (exact) mass is 230 g/mol. The number of hydrogen-bond donors (Lipinski definition) is 1. The van der Waals surface area contributed by atoms with Crippen molar-refractivity contribution < 1.29 is 4.79 Å². The summed E-state index contributed by atoms with van der Waals surface area (Å²) in [4.78, 5) is 13.0. The SMILES string of the molecule is CC.CC.CC(=O)NCCN1CCCCC1. The fourth-order valence-corrected chi connectivity index (χ4v) is 1.57. The van der Waals surface area contributed by atoms with Crippen molar-refractivity contribution >= 4 is 5.91 Å². The Morgan fingerprint density at radius 1 is 1.06 bits per heavy atom. The molecule has 0 bridgehead atoms. The van der Waals surface area contributed by atoms with E-state index in [0.717, 1.165) is 13.1 Å². The second-order valence-corrected chi connectivity index (χ2v) is 3.39. The zero-order valence-electron chi connectivity index (χ0n) is 11.8. The summed E-state index contributed by atoms with van der Waals surface area (Å²) in [5.41, 5.74) is 0. The highest BCUT2D eigenvalue weighted by atomic mass is 16.1. The molecule has 0 aromatic rings. The van der Waals surface area contributed by atoms with Crippen LogP contribution in [0.15, 0.2) is 0 Å². The molecule has 3 heteroatoms. The third-order valence-electron chi connectivity index (χ3n) is 2.25. The van der Waals surface area contributed by atoms with Gasteiger partial charge in [0.1, 0.15) is 0 Å². The third kappa shape index (κ3) is 11.5. The first-order chi connectivity index (χ1) is 7.79. The summed E-state index contributed by atoms with van der Waals surface area (Å²) >= 11 is 0. The van der Waals surface area contributed by atoms with Crippen LogP contribution in [-0.2, 0) is 4.79 Å². The molecule has 1 rings (SSSR count). The number of hydrogen-bond acceptors (Lipinski definition) is 2. The predicted octanol–water partition coefficient (Wildman–Crippen LogP) is 2.66. The fraction of sp³-hybridized carbons (Fsp3) is 0.923. The number of rotatable bonds is 3. The molecule has 1 saturated heterocycles. The molecule has 1 heterocycles. The summed E-state index contributed by atoms with van der Waals surface area (Å²) in [5, 5.41) is 2.81. The van der Waals surface area contributed by atoms with E-state index in [-0.39, 0.29) is 5.91 Å². The molecule has 0 unspecified atom stereocenters. The van der Waals surface area contributed by atoms with Crippen molar-refractivity contribution in [2.75, 3.05) is 26.2 Å². The van der Waals surface area contributed by atoms with Gasteiger partial charge in [0.25, 0.3) is 0 Å². The smallest absolute Gasteiger partial charge is 0.216 e. The van der Waals surface area contributed by atoms with Gasteiger partial charge < -0.3 is 10.2 Å². The second kappa shape index (κ2) is 14.4. The van der Waals surface area contributed by atoms with Gasteiger partial charge in [-0.2, -0.15) is 0 Å². The molecular formula is C13H30N2O. The topological polar surface area (TPSA) is 32.3 Å². The van der Waals surface area contributed by atoms with Gasteiger partial charge in [0.15, 0.2) is 0 Å². The fourth-order valence-electron chi connectivity index (χ4n) is 1.57. The number of nitrogens with one attached hydrogen (secondary N) is 1.